The molecule has 1 heterocycles. The van der Waals surface area contributed by atoms with Crippen LogP contribution in [-0.4, -0.2) is 20.3 Å². The van der Waals surface area contributed by atoms with Crippen molar-refractivity contribution in [3.8, 4) is 11.3 Å². The molecule has 7 heteroatoms. The van der Waals surface area contributed by atoms with Gasteiger partial charge in [0.15, 0.2) is 12.3 Å². The van der Waals surface area contributed by atoms with Gasteiger partial charge in [0.05, 0.1) is 5.69 Å². The minimum Gasteiger partial charge on any atom is -0.478 e. The molecule has 0 aliphatic rings. The molecule has 1 aromatic heterocycles. The maximum atomic E-state index is 12.6. The van der Waals surface area contributed by atoms with Gasteiger partial charge in [-0.1, -0.05) is 28.1 Å². The maximum absolute atomic E-state index is 12.6. The van der Waals surface area contributed by atoms with Crippen molar-refractivity contribution in [1.29, 1.82) is 0 Å². The smallest absolute Gasteiger partial charge is 0.339 e. The molecule has 0 saturated heterocycles. The number of rotatable bonds is 3. The summed E-state index contributed by atoms with van der Waals surface area (Å²) in [5.41, 5.74) is 1.18. The van der Waals surface area contributed by atoms with Gasteiger partial charge in [-0.2, -0.15) is 9.19 Å². The van der Waals surface area contributed by atoms with Gasteiger partial charge in [0.25, 0.3) is 0 Å². The predicted octanol–water partition coefficient (Wildman–Crippen LogP) is 3.70. The molecule has 0 saturated carbocycles. The third kappa shape index (κ3) is 2.28. The van der Waals surface area contributed by atoms with Gasteiger partial charge in [0.1, 0.15) is 11.3 Å². The van der Waals surface area contributed by atoms with E-state index in [0.717, 1.165) is 8.56 Å². The molecule has 0 fully saturated rings. The Morgan fingerprint density at radius 3 is 2.56 bits per heavy atom. The highest BCUT2D eigenvalue weighted by molar-refractivity contribution is 9.10. The van der Waals surface area contributed by atoms with Crippen LogP contribution in [-0.2, 0) is 0 Å². The topological polar surface area (TPSA) is 55.1 Å². The summed E-state index contributed by atoms with van der Waals surface area (Å²) in [4.78, 5) is 11.2. The third-order valence-corrected chi connectivity index (χ3v) is 3.49. The van der Waals surface area contributed by atoms with Gasteiger partial charge < -0.3 is 5.11 Å². The lowest BCUT2D eigenvalue weighted by Gasteiger charge is -1.99. The summed E-state index contributed by atoms with van der Waals surface area (Å²) in [6.45, 7) is 1.52. The number of nitrogens with zero attached hydrogens (tertiary/aromatic N) is 2. The van der Waals surface area contributed by atoms with E-state index in [-0.39, 0.29) is 29.3 Å². The number of hydrogen-bond acceptors (Lipinski definition) is 3. The van der Waals surface area contributed by atoms with Crippen LogP contribution in [0.15, 0.2) is 28.7 Å². The van der Waals surface area contributed by atoms with Crippen molar-refractivity contribution >= 4 is 34.2 Å². The monoisotopic (exact) mass is 330 g/mol. The molecular formula is C11H8BrFN2O2S. The molecule has 0 radical (unpaired) electrons. The number of carboxylic acid groups (broad SMARTS) is 1. The highest BCUT2D eigenvalue weighted by atomic mass is 79.9. The Hall–Kier alpha value is -1.34. The lowest BCUT2D eigenvalue weighted by Crippen LogP contribution is -2.00. The van der Waals surface area contributed by atoms with Crippen molar-refractivity contribution in [2.24, 2.45) is 0 Å². The molecule has 0 unspecified atom stereocenters. The first-order valence-corrected chi connectivity index (χ1v) is 6.39. The SMILES string of the molecule is Cc1c(C(=O)O)c(-c2ccc(Br)cc2)nn1SF. The summed E-state index contributed by atoms with van der Waals surface area (Å²) < 4.78 is 14.5. The quantitative estimate of drug-likeness (QED) is 0.932. The van der Waals surface area contributed by atoms with Gasteiger partial charge in [-0.05, 0) is 19.1 Å². The van der Waals surface area contributed by atoms with E-state index in [2.05, 4.69) is 21.0 Å². The van der Waals surface area contributed by atoms with Crippen LogP contribution in [0.2, 0.25) is 0 Å². The zero-order valence-corrected chi connectivity index (χ0v) is 11.6. The van der Waals surface area contributed by atoms with Crippen LogP contribution in [0, 0.1) is 6.92 Å². The molecule has 0 amide bonds. The number of aromatic nitrogens is 2. The molecule has 0 aliphatic carbocycles. The van der Waals surface area contributed by atoms with Crippen molar-refractivity contribution in [2.45, 2.75) is 6.92 Å². The summed E-state index contributed by atoms with van der Waals surface area (Å²) in [6.07, 6.45) is 0. The molecule has 2 aromatic rings. The molecule has 18 heavy (non-hydrogen) atoms. The van der Waals surface area contributed by atoms with Crippen molar-refractivity contribution in [1.82, 2.24) is 9.19 Å². The second kappa shape index (κ2) is 5.11. The minimum absolute atomic E-state index is 0.0162. The van der Waals surface area contributed by atoms with Crippen LogP contribution >= 0.6 is 28.3 Å². The molecule has 0 atom stereocenters. The first-order valence-electron chi connectivity index (χ1n) is 4.92. The molecule has 94 valence electrons. The van der Waals surface area contributed by atoms with Gasteiger partial charge in [0, 0.05) is 10.0 Å². The minimum atomic E-state index is -1.12. The molecule has 0 bridgehead atoms. The van der Waals surface area contributed by atoms with E-state index in [4.69, 9.17) is 0 Å². The van der Waals surface area contributed by atoms with Crippen molar-refractivity contribution in [2.75, 3.05) is 0 Å². The first kappa shape index (κ1) is 13.1. The van der Waals surface area contributed by atoms with E-state index in [1.807, 2.05) is 0 Å². The number of halogens is 2. The highest BCUT2D eigenvalue weighted by Crippen LogP contribution is 2.28. The molecule has 0 spiro atoms. The van der Waals surface area contributed by atoms with Crippen molar-refractivity contribution < 1.29 is 13.8 Å². The Morgan fingerprint density at radius 1 is 1.44 bits per heavy atom. The Labute approximate surface area is 115 Å². The number of aromatic carboxylic acids is 1. The van der Waals surface area contributed by atoms with E-state index in [0.29, 0.717) is 5.56 Å². The average molecular weight is 331 g/mol. The van der Waals surface area contributed by atoms with Gasteiger partial charge in [-0.3, -0.25) is 0 Å². The van der Waals surface area contributed by atoms with Crippen LogP contribution in [0.4, 0.5) is 3.89 Å². The molecule has 2 rings (SSSR count). The van der Waals surface area contributed by atoms with Gasteiger partial charge in [-0.25, -0.2) is 4.79 Å². The molecule has 4 nitrogen and oxygen atoms in total. The summed E-state index contributed by atoms with van der Waals surface area (Å²) in [7, 11) is 0. The van der Waals surface area contributed by atoms with Gasteiger partial charge in [-0.15, -0.1) is 3.89 Å². The zero-order valence-electron chi connectivity index (χ0n) is 9.22. The average Bonchev–Trinajstić information content (AvgIpc) is 2.67. The maximum Gasteiger partial charge on any atom is 0.339 e. The Balaban J connectivity index is 2.63. The molecular weight excluding hydrogens is 323 g/mol. The second-order valence-electron chi connectivity index (χ2n) is 3.56. The first-order chi connectivity index (χ1) is 8.54. The summed E-state index contributed by atoms with van der Waals surface area (Å²) in [5.74, 6) is -1.12. The second-order valence-corrected chi connectivity index (χ2v) is 4.96. The van der Waals surface area contributed by atoms with Crippen LogP contribution in [0.5, 0.6) is 0 Å². The van der Waals surface area contributed by atoms with Crippen LogP contribution in [0.25, 0.3) is 11.3 Å². The van der Waals surface area contributed by atoms with E-state index in [1.165, 1.54) is 6.92 Å². The molecule has 1 N–H and O–H groups in total. The summed E-state index contributed by atoms with van der Waals surface area (Å²) in [5, 5.41) is 13.1. The number of hydrogen-bond donors (Lipinski definition) is 1. The van der Waals surface area contributed by atoms with E-state index in [9.17, 15) is 13.8 Å². The lowest BCUT2D eigenvalue weighted by molar-refractivity contribution is 0.0697. The van der Waals surface area contributed by atoms with Crippen molar-refractivity contribution in [3.05, 3.63) is 40.0 Å². The fourth-order valence-electron chi connectivity index (χ4n) is 1.62. The number of carboxylic acids is 1. The summed E-state index contributed by atoms with van der Waals surface area (Å²) in [6, 6.07) is 7.01. The van der Waals surface area contributed by atoms with Crippen LogP contribution < -0.4 is 0 Å². The Morgan fingerprint density at radius 2 is 2.06 bits per heavy atom. The highest BCUT2D eigenvalue weighted by Gasteiger charge is 2.22. The Kier molecular flexibility index (Phi) is 3.72. The third-order valence-electron chi connectivity index (χ3n) is 2.47. The largest absolute Gasteiger partial charge is 0.478 e. The summed E-state index contributed by atoms with van der Waals surface area (Å²) >= 11 is 3.17. The molecule has 1 aromatic carbocycles. The van der Waals surface area contributed by atoms with Crippen LogP contribution in [0.3, 0.4) is 0 Å². The van der Waals surface area contributed by atoms with Gasteiger partial charge in [0.2, 0.25) is 0 Å². The number of benzene rings is 1. The molecule has 0 aliphatic heterocycles. The van der Waals surface area contributed by atoms with Gasteiger partial charge >= 0.3 is 5.97 Å². The predicted molar refractivity (Wildman–Crippen MR) is 71.2 cm³/mol. The normalized spacial score (nSPS) is 10.6. The van der Waals surface area contributed by atoms with Crippen molar-refractivity contribution in [3.63, 3.8) is 0 Å². The number of carbonyl (C=O) groups is 1. The van der Waals surface area contributed by atoms with Crippen LogP contribution in [0.1, 0.15) is 16.1 Å². The standard InChI is InChI=1S/C11H8BrFN2O2S/c1-6-9(11(16)17)10(14-15(6)18-13)7-2-4-8(12)5-3-7/h2-5H,1H3,(H,16,17). The fraction of sp³-hybridized carbons (Fsp3) is 0.0909. The zero-order chi connectivity index (χ0) is 13.3. The Bertz CT molecular complexity index is 598. The van der Waals surface area contributed by atoms with E-state index < -0.39 is 5.97 Å². The fourth-order valence-corrected chi connectivity index (χ4v) is 2.19. The van der Waals surface area contributed by atoms with E-state index in [1.54, 1.807) is 24.3 Å². The van der Waals surface area contributed by atoms with E-state index >= 15 is 0 Å². The lowest BCUT2D eigenvalue weighted by atomic mass is 10.1.